The van der Waals surface area contributed by atoms with Crippen LogP contribution in [0.4, 0.5) is 9.18 Å². The highest BCUT2D eigenvalue weighted by atomic mass is 32.2. The van der Waals surface area contributed by atoms with Crippen LogP contribution in [0.3, 0.4) is 0 Å². The molecule has 0 aliphatic heterocycles. The number of benzene rings is 2. The molecule has 2 aromatic carbocycles. The molecule has 0 saturated heterocycles. The van der Waals surface area contributed by atoms with Gasteiger partial charge in [-0.15, -0.1) is 11.8 Å². The lowest BCUT2D eigenvalue weighted by Crippen LogP contribution is -2.37. The fraction of sp³-hybridized carbons (Fsp3) is 0.235. The van der Waals surface area contributed by atoms with Gasteiger partial charge >= 0.3 is 6.03 Å². The fourth-order valence-electron chi connectivity index (χ4n) is 1.91. The third-order valence-corrected chi connectivity index (χ3v) is 4.08. The Morgan fingerprint density at radius 3 is 2.50 bits per heavy atom. The fourth-order valence-corrected chi connectivity index (χ4v) is 2.70. The van der Waals surface area contributed by atoms with Gasteiger partial charge in [0.25, 0.3) is 0 Å². The van der Waals surface area contributed by atoms with Crippen molar-refractivity contribution in [2.24, 2.45) is 0 Å². The first-order valence-corrected chi connectivity index (χ1v) is 8.05. The van der Waals surface area contributed by atoms with E-state index in [-0.39, 0.29) is 11.8 Å². The molecule has 0 saturated carbocycles. The number of hydrogen-bond acceptors (Lipinski definition) is 2. The minimum absolute atomic E-state index is 0.127. The number of carbonyl (C=O) groups excluding carboxylic acids is 1. The molecule has 0 aliphatic rings. The lowest BCUT2D eigenvalue weighted by Gasteiger charge is -2.18. The molecule has 0 aliphatic carbocycles. The van der Waals surface area contributed by atoms with Crippen molar-refractivity contribution in [1.29, 1.82) is 0 Å². The second-order valence-corrected chi connectivity index (χ2v) is 6.04. The van der Waals surface area contributed by atoms with Gasteiger partial charge in [0.2, 0.25) is 0 Å². The second-order valence-electron chi connectivity index (χ2n) is 4.88. The number of amides is 2. The van der Waals surface area contributed by atoms with Gasteiger partial charge in [0.05, 0.1) is 0 Å². The Morgan fingerprint density at radius 2 is 1.82 bits per heavy atom. The van der Waals surface area contributed by atoms with Gasteiger partial charge in [-0.2, -0.15) is 0 Å². The Balaban J connectivity index is 1.69. The van der Waals surface area contributed by atoms with Gasteiger partial charge in [-0.3, -0.25) is 0 Å². The van der Waals surface area contributed by atoms with Crippen molar-refractivity contribution >= 4 is 17.8 Å². The third kappa shape index (κ3) is 5.41. The van der Waals surface area contributed by atoms with Crippen LogP contribution in [0.1, 0.15) is 5.56 Å². The predicted molar refractivity (Wildman–Crippen MR) is 88.4 cm³/mol. The van der Waals surface area contributed by atoms with Gasteiger partial charge in [-0.25, -0.2) is 9.18 Å². The molecule has 0 aromatic heterocycles. The first kappa shape index (κ1) is 16.4. The van der Waals surface area contributed by atoms with E-state index in [9.17, 15) is 9.18 Å². The Labute approximate surface area is 134 Å². The van der Waals surface area contributed by atoms with Gasteiger partial charge < -0.3 is 10.2 Å². The number of nitrogens with zero attached hydrogens (tertiary/aromatic N) is 1. The van der Waals surface area contributed by atoms with Crippen molar-refractivity contribution in [3.8, 4) is 0 Å². The van der Waals surface area contributed by atoms with E-state index < -0.39 is 0 Å². The highest BCUT2D eigenvalue weighted by Crippen LogP contribution is 2.15. The van der Waals surface area contributed by atoms with Crippen LogP contribution in [-0.4, -0.2) is 30.3 Å². The van der Waals surface area contributed by atoms with Gasteiger partial charge in [0.1, 0.15) is 5.82 Å². The topological polar surface area (TPSA) is 32.3 Å². The SMILES string of the molecule is CN(Cc1ccc(F)cc1)C(=O)NCCSc1ccccc1. The predicted octanol–water partition coefficient (Wildman–Crippen LogP) is 3.76. The molecule has 2 rings (SSSR count). The quantitative estimate of drug-likeness (QED) is 0.650. The molecule has 5 heteroatoms. The highest BCUT2D eigenvalue weighted by Gasteiger charge is 2.08. The summed E-state index contributed by atoms with van der Waals surface area (Å²) < 4.78 is 12.8. The molecular formula is C17H19FN2OS. The van der Waals surface area contributed by atoms with Crippen LogP contribution in [0.5, 0.6) is 0 Å². The number of hydrogen-bond donors (Lipinski definition) is 1. The maximum Gasteiger partial charge on any atom is 0.317 e. The zero-order valence-electron chi connectivity index (χ0n) is 12.5. The van der Waals surface area contributed by atoms with Crippen LogP contribution in [-0.2, 0) is 6.54 Å². The van der Waals surface area contributed by atoms with E-state index in [2.05, 4.69) is 5.32 Å². The molecule has 2 aromatic rings. The number of halogens is 1. The van der Waals surface area contributed by atoms with E-state index in [4.69, 9.17) is 0 Å². The van der Waals surface area contributed by atoms with Crippen LogP contribution in [0, 0.1) is 5.82 Å². The molecule has 0 fully saturated rings. The molecule has 0 bridgehead atoms. The lowest BCUT2D eigenvalue weighted by atomic mass is 10.2. The average molecular weight is 318 g/mol. The molecule has 1 N–H and O–H groups in total. The summed E-state index contributed by atoms with van der Waals surface area (Å²) >= 11 is 1.70. The first-order chi connectivity index (χ1) is 10.6. The van der Waals surface area contributed by atoms with Gasteiger partial charge in [-0.1, -0.05) is 30.3 Å². The highest BCUT2D eigenvalue weighted by molar-refractivity contribution is 7.99. The summed E-state index contributed by atoms with van der Waals surface area (Å²) in [6.07, 6.45) is 0. The van der Waals surface area contributed by atoms with Crippen LogP contribution < -0.4 is 5.32 Å². The Bertz CT molecular complexity index is 589. The number of urea groups is 1. The summed E-state index contributed by atoms with van der Waals surface area (Å²) in [4.78, 5) is 14.7. The molecule has 0 heterocycles. The molecule has 22 heavy (non-hydrogen) atoms. The minimum Gasteiger partial charge on any atom is -0.337 e. The van der Waals surface area contributed by atoms with Gasteiger partial charge in [0.15, 0.2) is 0 Å². The van der Waals surface area contributed by atoms with E-state index in [1.165, 1.54) is 17.0 Å². The van der Waals surface area contributed by atoms with Crippen molar-refractivity contribution in [3.05, 3.63) is 66.0 Å². The lowest BCUT2D eigenvalue weighted by molar-refractivity contribution is 0.207. The molecule has 116 valence electrons. The molecular weight excluding hydrogens is 299 g/mol. The number of carbonyl (C=O) groups is 1. The first-order valence-electron chi connectivity index (χ1n) is 7.06. The van der Waals surface area contributed by atoms with Crippen LogP contribution in [0.25, 0.3) is 0 Å². The van der Waals surface area contributed by atoms with Crippen molar-refractivity contribution in [3.63, 3.8) is 0 Å². The normalized spacial score (nSPS) is 10.3. The van der Waals surface area contributed by atoms with E-state index in [0.717, 1.165) is 11.3 Å². The number of nitrogens with one attached hydrogen (secondary N) is 1. The Morgan fingerprint density at radius 1 is 1.14 bits per heavy atom. The minimum atomic E-state index is -0.270. The van der Waals surface area contributed by atoms with Crippen LogP contribution >= 0.6 is 11.8 Å². The molecule has 3 nitrogen and oxygen atoms in total. The Hall–Kier alpha value is -2.01. The van der Waals surface area contributed by atoms with Gasteiger partial charge in [0, 0.05) is 30.8 Å². The summed E-state index contributed by atoms with van der Waals surface area (Å²) in [5, 5.41) is 2.88. The smallest absolute Gasteiger partial charge is 0.317 e. The number of rotatable bonds is 6. The molecule has 0 atom stereocenters. The zero-order valence-corrected chi connectivity index (χ0v) is 13.3. The Kier molecular flexibility index (Phi) is 6.27. The summed E-state index contributed by atoms with van der Waals surface area (Å²) in [5.74, 6) is 0.550. The number of thioether (sulfide) groups is 1. The molecule has 0 spiro atoms. The van der Waals surface area contributed by atoms with Gasteiger partial charge in [-0.05, 0) is 29.8 Å². The zero-order chi connectivity index (χ0) is 15.8. The van der Waals surface area contributed by atoms with Crippen molar-refractivity contribution in [1.82, 2.24) is 10.2 Å². The van der Waals surface area contributed by atoms with Crippen LogP contribution in [0.2, 0.25) is 0 Å². The molecule has 0 radical (unpaired) electrons. The summed E-state index contributed by atoms with van der Waals surface area (Å²) in [6, 6.07) is 16.1. The van der Waals surface area contributed by atoms with Crippen molar-refractivity contribution in [2.45, 2.75) is 11.4 Å². The maximum absolute atomic E-state index is 12.8. The third-order valence-electron chi connectivity index (χ3n) is 3.07. The van der Waals surface area contributed by atoms with Crippen molar-refractivity contribution < 1.29 is 9.18 Å². The standard InChI is InChI=1S/C17H19FN2OS/c1-20(13-14-7-9-15(18)10-8-14)17(21)19-11-12-22-16-5-3-2-4-6-16/h2-10H,11-13H2,1H3,(H,19,21). The summed E-state index contributed by atoms with van der Waals surface area (Å²) in [7, 11) is 1.73. The molecule has 2 amide bonds. The van der Waals surface area contributed by atoms with Crippen LogP contribution in [0.15, 0.2) is 59.5 Å². The van der Waals surface area contributed by atoms with E-state index in [0.29, 0.717) is 13.1 Å². The molecule has 0 unspecified atom stereocenters. The second kappa shape index (κ2) is 8.44. The largest absolute Gasteiger partial charge is 0.337 e. The monoisotopic (exact) mass is 318 g/mol. The van der Waals surface area contributed by atoms with E-state index >= 15 is 0 Å². The summed E-state index contributed by atoms with van der Waals surface area (Å²) in [5.41, 5.74) is 0.901. The van der Waals surface area contributed by atoms with E-state index in [1.54, 1.807) is 35.8 Å². The average Bonchev–Trinajstić information content (AvgIpc) is 2.54. The maximum atomic E-state index is 12.8. The van der Waals surface area contributed by atoms with Crippen molar-refractivity contribution in [2.75, 3.05) is 19.3 Å². The summed E-state index contributed by atoms with van der Waals surface area (Å²) in [6.45, 7) is 1.06. The van der Waals surface area contributed by atoms with E-state index in [1.807, 2.05) is 30.3 Å².